The molecule has 0 aliphatic heterocycles. The van der Waals surface area contributed by atoms with E-state index < -0.39 is 10.1 Å². The normalized spacial score (nSPS) is 11.5. The highest BCUT2D eigenvalue weighted by Crippen LogP contribution is 2.30. The first-order valence-corrected chi connectivity index (χ1v) is 11.7. The summed E-state index contributed by atoms with van der Waals surface area (Å²) in [6, 6.07) is 24.6. The van der Waals surface area contributed by atoms with Gasteiger partial charge in [0, 0.05) is 10.4 Å². The molecule has 6 nitrogen and oxygen atoms in total. The third kappa shape index (κ3) is 5.17. The van der Waals surface area contributed by atoms with Gasteiger partial charge in [-0.1, -0.05) is 48.5 Å². The highest BCUT2D eigenvalue weighted by Gasteiger charge is 2.15. The first kappa shape index (κ1) is 20.8. The molecule has 4 rings (SSSR count). The number of rotatable bonds is 7. The Morgan fingerprint density at radius 3 is 2.26 bits per heavy atom. The van der Waals surface area contributed by atoms with Gasteiger partial charge in [-0.15, -0.1) is 11.3 Å². The van der Waals surface area contributed by atoms with Gasteiger partial charge in [0.25, 0.3) is 0 Å². The van der Waals surface area contributed by atoms with Gasteiger partial charge in [0.2, 0.25) is 5.13 Å². The van der Waals surface area contributed by atoms with E-state index in [0.717, 1.165) is 21.7 Å². The number of anilines is 1. The van der Waals surface area contributed by atoms with Gasteiger partial charge < -0.3 is 4.18 Å². The van der Waals surface area contributed by atoms with Gasteiger partial charge in [-0.25, -0.2) is 4.98 Å². The SMILES string of the molecule is Cc1sc(NN=Cc2ccc(OS(=O)(=O)c3ccccc3)cc2)nc1-c1ccccc1. The fraction of sp³-hybridized carbons (Fsp3) is 0.0435. The van der Waals surface area contributed by atoms with E-state index >= 15 is 0 Å². The monoisotopic (exact) mass is 449 g/mol. The summed E-state index contributed by atoms with van der Waals surface area (Å²) in [5.74, 6) is 0.233. The molecule has 31 heavy (non-hydrogen) atoms. The van der Waals surface area contributed by atoms with Crippen LogP contribution in [0.4, 0.5) is 5.13 Å². The average molecular weight is 450 g/mol. The van der Waals surface area contributed by atoms with Crippen molar-refractivity contribution in [2.75, 3.05) is 5.43 Å². The largest absolute Gasteiger partial charge is 0.379 e. The standard InChI is InChI=1S/C23H19N3O3S2/c1-17-22(19-8-4-2-5-9-19)25-23(30-17)26-24-16-18-12-14-20(15-13-18)29-31(27,28)21-10-6-3-7-11-21/h2-16H,1H3,(H,25,26). The second kappa shape index (κ2) is 9.11. The molecule has 0 radical (unpaired) electrons. The molecule has 0 saturated carbocycles. The van der Waals surface area contributed by atoms with Crippen LogP contribution in [0, 0.1) is 6.92 Å². The van der Waals surface area contributed by atoms with Crippen LogP contribution in [0.1, 0.15) is 10.4 Å². The van der Waals surface area contributed by atoms with Gasteiger partial charge in [-0.05, 0) is 48.9 Å². The van der Waals surface area contributed by atoms with E-state index in [-0.39, 0.29) is 10.6 Å². The summed E-state index contributed by atoms with van der Waals surface area (Å²) in [7, 11) is -3.86. The lowest BCUT2D eigenvalue weighted by atomic mass is 10.1. The van der Waals surface area contributed by atoms with Crippen molar-refractivity contribution in [2.24, 2.45) is 5.10 Å². The summed E-state index contributed by atoms with van der Waals surface area (Å²) in [5.41, 5.74) is 5.73. The van der Waals surface area contributed by atoms with E-state index in [0.29, 0.717) is 5.13 Å². The predicted molar refractivity (Wildman–Crippen MR) is 124 cm³/mol. The minimum Gasteiger partial charge on any atom is -0.379 e. The molecule has 0 atom stereocenters. The Labute approximate surface area is 185 Å². The molecule has 1 aromatic heterocycles. The molecule has 4 aromatic rings. The van der Waals surface area contributed by atoms with E-state index in [2.05, 4.69) is 15.5 Å². The first-order chi connectivity index (χ1) is 15.0. The second-order valence-corrected chi connectivity index (χ2v) is 9.33. The molecular weight excluding hydrogens is 430 g/mol. The molecule has 8 heteroatoms. The fourth-order valence-corrected chi connectivity index (χ4v) is 4.58. The number of benzene rings is 3. The zero-order valence-electron chi connectivity index (χ0n) is 16.6. The maximum Gasteiger partial charge on any atom is 0.339 e. The van der Waals surface area contributed by atoms with Crippen LogP contribution in [0.5, 0.6) is 5.75 Å². The van der Waals surface area contributed by atoms with Crippen molar-refractivity contribution in [3.8, 4) is 17.0 Å². The topological polar surface area (TPSA) is 80.7 Å². The van der Waals surface area contributed by atoms with Crippen molar-refractivity contribution in [1.29, 1.82) is 0 Å². The zero-order chi connectivity index (χ0) is 21.7. The van der Waals surface area contributed by atoms with Gasteiger partial charge in [-0.3, -0.25) is 5.43 Å². The number of hydrogen-bond acceptors (Lipinski definition) is 7. The van der Waals surface area contributed by atoms with Crippen molar-refractivity contribution in [2.45, 2.75) is 11.8 Å². The molecule has 0 aliphatic carbocycles. The molecular formula is C23H19N3O3S2. The van der Waals surface area contributed by atoms with Crippen molar-refractivity contribution < 1.29 is 12.6 Å². The van der Waals surface area contributed by atoms with E-state index in [1.807, 2.05) is 37.3 Å². The molecule has 0 aliphatic rings. The van der Waals surface area contributed by atoms with Gasteiger partial charge in [0.05, 0.1) is 11.9 Å². The van der Waals surface area contributed by atoms with Crippen molar-refractivity contribution in [1.82, 2.24) is 4.98 Å². The minimum absolute atomic E-state index is 0.110. The Morgan fingerprint density at radius 2 is 1.58 bits per heavy atom. The van der Waals surface area contributed by atoms with Crippen molar-refractivity contribution in [3.05, 3.63) is 95.4 Å². The van der Waals surface area contributed by atoms with Gasteiger partial charge >= 0.3 is 10.1 Å². The maximum atomic E-state index is 12.3. The molecule has 1 N–H and O–H groups in total. The summed E-state index contributed by atoms with van der Waals surface area (Å²) < 4.78 is 29.7. The Morgan fingerprint density at radius 1 is 0.935 bits per heavy atom. The van der Waals surface area contributed by atoms with E-state index in [1.165, 1.54) is 23.5 Å². The highest BCUT2D eigenvalue weighted by atomic mass is 32.2. The van der Waals surface area contributed by atoms with Crippen LogP contribution in [0.25, 0.3) is 11.3 Å². The molecule has 0 bridgehead atoms. The Hall–Kier alpha value is -3.49. The molecule has 0 amide bonds. The highest BCUT2D eigenvalue weighted by molar-refractivity contribution is 7.87. The molecule has 0 spiro atoms. The summed E-state index contributed by atoms with van der Waals surface area (Å²) >= 11 is 1.53. The lowest BCUT2D eigenvalue weighted by Crippen LogP contribution is -2.09. The third-order valence-corrected chi connectivity index (χ3v) is 6.47. The van der Waals surface area contributed by atoms with E-state index in [1.54, 1.807) is 48.7 Å². The Kier molecular flexibility index (Phi) is 6.11. The molecule has 1 heterocycles. The van der Waals surface area contributed by atoms with Gasteiger partial charge in [0.1, 0.15) is 10.6 Å². The molecule has 3 aromatic carbocycles. The second-order valence-electron chi connectivity index (χ2n) is 6.58. The maximum absolute atomic E-state index is 12.3. The number of hydrogen-bond donors (Lipinski definition) is 1. The van der Waals surface area contributed by atoms with Crippen LogP contribution in [0.3, 0.4) is 0 Å². The number of nitrogens with zero attached hydrogens (tertiary/aromatic N) is 2. The van der Waals surface area contributed by atoms with Crippen LogP contribution < -0.4 is 9.61 Å². The molecule has 156 valence electrons. The quantitative estimate of drug-likeness (QED) is 0.234. The van der Waals surface area contributed by atoms with Crippen LogP contribution in [-0.4, -0.2) is 19.6 Å². The number of hydrazone groups is 1. The lowest BCUT2D eigenvalue weighted by molar-refractivity contribution is 0.486. The Balaban J connectivity index is 1.40. The van der Waals surface area contributed by atoms with Crippen molar-refractivity contribution in [3.63, 3.8) is 0 Å². The van der Waals surface area contributed by atoms with Gasteiger partial charge in [-0.2, -0.15) is 13.5 Å². The van der Waals surface area contributed by atoms with Crippen LogP contribution >= 0.6 is 11.3 Å². The summed E-state index contributed by atoms with van der Waals surface area (Å²) in [4.78, 5) is 5.81. The van der Waals surface area contributed by atoms with E-state index in [9.17, 15) is 8.42 Å². The fourth-order valence-electron chi connectivity index (χ4n) is 2.84. The third-order valence-electron chi connectivity index (χ3n) is 4.34. The Bertz CT molecular complexity index is 1290. The number of thiazole rings is 1. The molecule has 0 saturated heterocycles. The first-order valence-electron chi connectivity index (χ1n) is 9.43. The molecule has 0 fully saturated rings. The summed E-state index contributed by atoms with van der Waals surface area (Å²) in [5, 5.41) is 4.92. The molecule has 0 unspecified atom stereocenters. The van der Waals surface area contributed by atoms with Crippen molar-refractivity contribution >= 4 is 32.8 Å². The summed E-state index contributed by atoms with van der Waals surface area (Å²) in [6.45, 7) is 2.02. The summed E-state index contributed by atoms with van der Waals surface area (Å²) in [6.07, 6.45) is 1.63. The minimum atomic E-state index is -3.86. The van der Waals surface area contributed by atoms with Gasteiger partial charge in [0.15, 0.2) is 0 Å². The zero-order valence-corrected chi connectivity index (χ0v) is 18.2. The van der Waals surface area contributed by atoms with Crippen LogP contribution in [-0.2, 0) is 10.1 Å². The smallest absolute Gasteiger partial charge is 0.339 e. The lowest BCUT2D eigenvalue weighted by Gasteiger charge is -2.06. The number of aryl methyl sites for hydroxylation is 1. The number of aromatic nitrogens is 1. The van der Waals surface area contributed by atoms with E-state index in [4.69, 9.17) is 4.18 Å². The number of nitrogens with one attached hydrogen (secondary N) is 1. The predicted octanol–water partition coefficient (Wildman–Crippen LogP) is 5.33. The van der Waals surface area contributed by atoms with Crippen LogP contribution in [0.2, 0.25) is 0 Å². The van der Waals surface area contributed by atoms with Crippen LogP contribution in [0.15, 0.2) is 94.9 Å². The average Bonchev–Trinajstić information content (AvgIpc) is 3.16.